The number of amides is 1. The Morgan fingerprint density at radius 3 is 2.77 bits per heavy atom. The minimum atomic E-state index is -0.557. The third kappa shape index (κ3) is 4.55. The van der Waals surface area contributed by atoms with Crippen molar-refractivity contribution in [1.82, 2.24) is 9.97 Å². The standard InChI is InChI=1S/C21H17FN4O3S/c1-12-6-14(2-4-18(12)29-21-25-11-17(9-23)30-21)26-20(27)13-7-16(8-13)28-15-3-5-19(22)24-10-15/h2-6,10-11,13,16H,7-8H2,1H3,(H,26,27). The molecule has 0 bridgehead atoms. The lowest BCUT2D eigenvalue weighted by atomic mass is 9.81. The summed E-state index contributed by atoms with van der Waals surface area (Å²) in [5.74, 6) is 0.335. The van der Waals surface area contributed by atoms with Crippen LogP contribution in [-0.2, 0) is 4.79 Å². The largest absolute Gasteiger partial charge is 0.489 e. The van der Waals surface area contributed by atoms with Crippen LogP contribution in [0.3, 0.4) is 0 Å². The Balaban J connectivity index is 1.29. The van der Waals surface area contributed by atoms with Gasteiger partial charge in [-0.25, -0.2) is 9.97 Å². The fourth-order valence-electron chi connectivity index (χ4n) is 3.04. The number of pyridine rings is 1. The molecule has 1 aliphatic carbocycles. The number of anilines is 1. The Kier molecular flexibility index (Phi) is 5.59. The van der Waals surface area contributed by atoms with Crippen molar-refractivity contribution >= 4 is 22.9 Å². The highest BCUT2D eigenvalue weighted by Crippen LogP contribution is 2.33. The van der Waals surface area contributed by atoms with Crippen molar-refractivity contribution in [2.45, 2.75) is 25.9 Å². The third-order valence-electron chi connectivity index (χ3n) is 4.70. The van der Waals surface area contributed by atoms with Gasteiger partial charge in [0.1, 0.15) is 28.5 Å². The van der Waals surface area contributed by atoms with Gasteiger partial charge in [0, 0.05) is 11.6 Å². The molecule has 1 fully saturated rings. The molecule has 7 nitrogen and oxygen atoms in total. The number of ether oxygens (including phenoxy) is 2. The van der Waals surface area contributed by atoms with Crippen molar-refractivity contribution < 1.29 is 18.7 Å². The van der Waals surface area contributed by atoms with Gasteiger partial charge in [0.05, 0.1) is 12.4 Å². The summed E-state index contributed by atoms with van der Waals surface area (Å²) in [5, 5.41) is 12.2. The summed E-state index contributed by atoms with van der Waals surface area (Å²) < 4.78 is 24.2. The zero-order valence-electron chi connectivity index (χ0n) is 16.0. The number of rotatable bonds is 6. The monoisotopic (exact) mass is 424 g/mol. The van der Waals surface area contributed by atoms with Gasteiger partial charge in [-0.2, -0.15) is 9.65 Å². The van der Waals surface area contributed by atoms with Crippen molar-refractivity contribution in [3.05, 3.63) is 59.1 Å². The van der Waals surface area contributed by atoms with Crippen molar-refractivity contribution in [3.63, 3.8) is 0 Å². The lowest BCUT2D eigenvalue weighted by Crippen LogP contribution is -2.40. The van der Waals surface area contributed by atoms with Gasteiger partial charge in [0.2, 0.25) is 11.9 Å². The maximum atomic E-state index is 12.8. The number of hydrogen-bond acceptors (Lipinski definition) is 7. The molecule has 2 aromatic heterocycles. The summed E-state index contributed by atoms with van der Waals surface area (Å²) in [6.07, 6.45) is 3.90. The molecule has 0 spiro atoms. The minimum absolute atomic E-state index is 0.0706. The smallest absolute Gasteiger partial charge is 0.279 e. The van der Waals surface area contributed by atoms with Crippen molar-refractivity contribution in [3.8, 4) is 22.8 Å². The normalized spacial score (nSPS) is 17.5. The molecular formula is C21H17FN4O3S. The molecule has 2 heterocycles. The fourth-order valence-corrected chi connectivity index (χ4v) is 3.61. The average molecular weight is 424 g/mol. The number of aromatic nitrogens is 2. The Morgan fingerprint density at radius 2 is 2.10 bits per heavy atom. The van der Waals surface area contributed by atoms with Crippen LogP contribution in [0.25, 0.3) is 0 Å². The summed E-state index contributed by atoms with van der Waals surface area (Å²) in [6.45, 7) is 1.87. The highest BCUT2D eigenvalue weighted by molar-refractivity contribution is 7.13. The van der Waals surface area contributed by atoms with E-state index in [1.165, 1.54) is 35.9 Å². The Bertz CT molecular complexity index is 1100. The van der Waals surface area contributed by atoms with Crippen LogP contribution < -0.4 is 14.8 Å². The maximum absolute atomic E-state index is 12.8. The first kappa shape index (κ1) is 19.8. The Morgan fingerprint density at radius 1 is 1.27 bits per heavy atom. The number of benzene rings is 1. The molecule has 0 unspecified atom stereocenters. The number of thiazole rings is 1. The maximum Gasteiger partial charge on any atom is 0.279 e. The van der Waals surface area contributed by atoms with Gasteiger partial charge in [-0.05, 0) is 55.7 Å². The molecule has 152 valence electrons. The SMILES string of the molecule is Cc1cc(NC(=O)C2CC(Oc3ccc(F)nc3)C2)ccc1Oc1ncc(C#N)s1. The minimum Gasteiger partial charge on any atom is -0.489 e. The summed E-state index contributed by atoms with van der Waals surface area (Å²) >= 11 is 1.17. The van der Waals surface area contributed by atoms with E-state index < -0.39 is 5.95 Å². The van der Waals surface area contributed by atoms with E-state index in [0.717, 1.165) is 5.56 Å². The lowest BCUT2D eigenvalue weighted by molar-refractivity contribution is -0.125. The van der Waals surface area contributed by atoms with Crippen LogP contribution in [0.4, 0.5) is 10.1 Å². The molecule has 1 saturated carbocycles. The number of aryl methyl sites for hydroxylation is 1. The second kappa shape index (κ2) is 8.47. The van der Waals surface area contributed by atoms with E-state index in [4.69, 9.17) is 14.7 Å². The predicted octanol–water partition coefficient (Wildman–Crippen LogP) is 4.45. The first-order chi connectivity index (χ1) is 14.5. The zero-order valence-corrected chi connectivity index (χ0v) is 16.8. The number of carbonyl (C=O) groups excluding carboxylic acids is 1. The van der Waals surface area contributed by atoms with Crippen LogP contribution >= 0.6 is 11.3 Å². The van der Waals surface area contributed by atoms with Gasteiger partial charge in [0.25, 0.3) is 5.19 Å². The van der Waals surface area contributed by atoms with Gasteiger partial charge < -0.3 is 14.8 Å². The molecular weight excluding hydrogens is 407 g/mol. The number of nitriles is 1. The van der Waals surface area contributed by atoms with Gasteiger partial charge in [-0.3, -0.25) is 4.79 Å². The molecule has 0 aliphatic heterocycles. The van der Waals surface area contributed by atoms with E-state index in [1.54, 1.807) is 12.1 Å². The van der Waals surface area contributed by atoms with Gasteiger partial charge in [-0.15, -0.1) is 0 Å². The van der Waals surface area contributed by atoms with Gasteiger partial charge in [-0.1, -0.05) is 11.3 Å². The molecule has 30 heavy (non-hydrogen) atoms. The van der Waals surface area contributed by atoms with Crippen molar-refractivity contribution in [2.24, 2.45) is 5.92 Å². The molecule has 9 heteroatoms. The van der Waals surface area contributed by atoms with Crippen LogP contribution in [0.5, 0.6) is 16.7 Å². The van der Waals surface area contributed by atoms with E-state index in [1.807, 2.05) is 19.1 Å². The van der Waals surface area contributed by atoms with Crippen LogP contribution in [0.15, 0.2) is 42.7 Å². The van der Waals surface area contributed by atoms with E-state index in [9.17, 15) is 9.18 Å². The fraction of sp³-hybridized carbons (Fsp3) is 0.238. The van der Waals surface area contributed by atoms with Gasteiger partial charge >= 0.3 is 0 Å². The molecule has 1 N–H and O–H groups in total. The highest BCUT2D eigenvalue weighted by Gasteiger charge is 2.36. The molecule has 0 radical (unpaired) electrons. The highest BCUT2D eigenvalue weighted by atomic mass is 32.1. The van der Waals surface area contributed by atoms with Crippen molar-refractivity contribution in [2.75, 3.05) is 5.32 Å². The van der Waals surface area contributed by atoms with Crippen LogP contribution in [0.1, 0.15) is 23.3 Å². The molecule has 0 atom stereocenters. The zero-order chi connectivity index (χ0) is 21.1. The average Bonchev–Trinajstić information content (AvgIpc) is 3.15. The van der Waals surface area contributed by atoms with E-state index in [0.29, 0.717) is 40.1 Å². The molecule has 1 amide bonds. The van der Waals surface area contributed by atoms with E-state index in [-0.39, 0.29) is 17.9 Å². The summed E-state index contributed by atoms with van der Waals surface area (Å²) in [5.41, 5.74) is 1.51. The van der Waals surface area contributed by atoms with E-state index in [2.05, 4.69) is 15.3 Å². The van der Waals surface area contributed by atoms with Gasteiger partial charge in [0.15, 0.2) is 0 Å². The molecule has 3 aromatic rings. The van der Waals surface area contributed by atoms with Crippen LogP contribution in [0.2, 0.25) is 0 Å². The number of nitrogens with one attached hydrogen (secondary N) is 1. The number of hydrogen-bond donors (Lipinski definition) is 1. The second-order valence-corrected chi connectivity index (χ2v) is 7.89. The molecule has 0 saturated heterocycles. The quantitative estimate of drug-likeness (QED) is 0.588. The third-order valence-corrected chi connectivity index (χ3v) is 5.48. The van der Waals surface area contributed by atoms with Crippen LogP contribution in [-0.4, -0.2) is 22.0 Å². The second-order valence-electron chi connectivity index (χ2n) is 6.90. The summed E-state index contributed by atoms with van der Waals surface area (Å²) in [6, 6.07) is 10.1. The lowest BCUT2D eigenvalue weighted by Gasteiger charge is -2.34. The summed E-state index contributed by atoms with van der Waals surface area (Å²) in [7, 11) is 0. The number of carbonyl (C=O) groups is 1. The summed E-state index contributed by atoms with van der Waals surface area (Å²) in [4.78, 5) is 20.5. The molecule has 4 rings (SSSR count). The van der Waals surface area contributed by atoms with E-state index >= 15 is 0 Å². The molecule has 1 aromatic carbocycles. The first-order valence-corrected chi connectivity index (χ1v) is 10.1. The topological polar surface area (TPSA) is 97.1 Å². The van der Waals surface area contributed by atoms with Crippen LogP contribution in [0, 0.1) is 30.1 Å². The Hall–Kier alpha value is -3.51. The number of nitrogens with zero attached hydrogens (tertiary/aromatic N) is 3. The predicted molar refractivity (Wildman–Crippen MR) is 108 cm³/mol. The Labute approximate surface area is 176 Å². The number of halogens is 1. The first-order valence-electron chi connectivity index (χ1n) is 9.23. The molecule has 1 aliphatic rings. The van der Waals surface area contributed by atoms with Crippen molar-refractivity contribution in [1.29, 1.82) is 5.26 Å².